The molecular formula is C13H20O4. The van der Waals surface area contributed by atoms with Crippen molar-refractivity contribution in [3.8, 4) is 0 Å². The van der Waals surface area contributed by atoms with Crippen LogP contribution in [-0.2, 0) is 9.53 Å². The number of rotatable bonds is 2. The Morgan fingerprint density at radius 3 is 2.41 bits per heavy atom. The third-order valence-electron chi connectivity index (χ3n) is 5.03. The number of epoxide rings is 1. The molecule has 3 unspecified atom stereocenters. The van der Waals surface area contributed by atoms with Gasteiger partial charge in [-0.15, -0.1) is 0 Å². The molecule has 0 aromatic rings. The van der Waals surface area contributed by atoms with Crippen LogP contribution in [0.1, 0.15) is 44.9 Å². The standard InChI is InChI=1S/C13H20O4/c14-9-3-1-8(2-4-9)13(12(15)16)6-5-10-11(7-13)17-10/h8-11,14H,1-7H2,(H,15,16). The van der Waals surface area contributed by atoms with E-state index in [1.165, 1.54) is 0 Å². The van der Waals surface area contributed by atoms with Crippen molar-refractivity contribution in [2.24, 2.45) is 11.3 Å². The van der Waals surface area contributed by atoms with Gasteiger partial charge in [0.15, 0.2) is 0 Å². The molecule has 17 heavy (non-hydrogen) atoms. The fraction of sp³-hybridized carbons (Fsp3) is 0.923. The van der Waals surface area contributed by atoms with Gasteiger partial charge >= 0.3 is 5.97 Å². The van der Waals surface area contributed by atoms with Gasteiger partial charge in [-0.3, -0.25) is 4.79 Å². The van der Waals surface area contributed by atoms with Gasteiger partial charge in [0, 0.05) is 0 Å². The molecule has 1 aliphatic heterocycles. The molecule has 96 valence electrons. The maximum atomic E-state index is 11.7. The zero-order valence-corrected chi connectivity index (χ0v) is 9.97. The van der Waals surface area contributed by atoms with Crippen LogP contribution in [0.2, 0.25) is 0 Å². The maximum absolute atomic E-state index is 11.7. The highest BCUT2D eigenvalue weighted by molar-refractivity contribution is 5.75. The molecule has 0 spiro atoms. The second kappa shape index (κ2) is 3.95. The Kier molecular flexibility index (Phi) is 2.67. The van der Waals surface area contributed by atoms with Crippen molar-refractivity contribution in [2.45, 2.75) is 63.3 Å². The van der Waals surface area contributed by atoms with E-state index in [1.54, 1.807) is 0 Å². The summed E-state index contributed by atoms with van der Waals surface area (Å²) in [6.07, 6.45) is 5.89. The quantitative estimate of drug-likeness (QED) is 0.719. The van der Waals surface area contributed by atoms with E-state index in [2.05, 4.69) is 0 Å². The fourth-order valence-corrected chi connectivity index (χ4v) is 3.84. The van der Waals surface area contributed by atoms with E-state index < -0.39 is 11.4 Å². The zero-order valence-electron chi connectivity index (χ0n) is 9.97. The lowest BCUT2D eigenvalue weighted by atomic mass is 9.61. The summed E-state index contributed by atoms with van der Waals surface area (Å²) in [6.45, 7) is 0. The van der Waals surface area contributed by atoms with Crippen LogP contribution in [0.3, 0.4) is 0 Å². The van der Waals surface area contributed by atoms with Gasteiger partial charge in [0.1, 0.15) is 0 Å². The summed E-state index contributed by atoms with van der Waals surface area (Å²) in [5.41, 5.74) is -0.572. The number of carboxylic acids is 1. The van der Waals surface area contributed by atoms with Gasteiger partial charge in [0.2, 0.25) is 0 Å². The molecule has 4 heteroatoms. The number of hydrogen-bond acceptors (Lipinski definition) is 3. The van der Waals surface area contributed by atoms with Crippen molar-refractivity contribution in [1.82, 2.24) is 0 Å². The smallest absolute Gasteiger partial charge is 0.310 e. The minimum Gasteiger partial charge on any atom is -0.481 e. The van der Waals surface area contributed by atoms with Crippen molar-refractivity contribution in [1.29, 1.82) is 0 Å². The van der Waals surface area contributed by atoms with E-state index >= 15 is 0 Å². The Morgan fingerprint density at radius 1 is 1.12 bits per heavy atom. The summed E-state index contributed by atoms with van der Waals surface area (Å²) >= 11 is 0. The van der Waals surface area contributed by atoms with Gasteiger partial charge in [0.05, 0.1) is 23.7 Å². The van der Waals surface area contributed by atoms with Gasteiger partial charge in [-0.1, -0.05) is 0 Å². The predicted octanol–water partition coefficient (Wildman–Crippen LogP) is 1.56. The zero-order chi connectivity index (χ0) is 12.0. The molecule has 2 saturated carbocycles. The Hall–Kier alpha value is -0.610. The highest BCUT2D eigenvalue weighted by Crippen LogP contribution is 2.53. The number of ether oxygens (including phenoxy) is 1. The van der Waals surface area contributed by atoms with Crippen LogP contribution < -0.4 is 0 Å². The molecule has 3 fully saturated rings. The normalized spacial score (nSPS) is 49.5. The minimum absolute atomic E-state index is 0.201. The topological polar surface area (TPSA) is 70.1 Å². The summed E-state index contributed by atoms with van der Waals surface area (Å²) in [6, 6.07) is 0. The first kappa shape index (κ1) is 11.5. The van der Waals surface area contributed by atoms with Crippen LogP contribution in [0.4, 0.5) is 0 Å². The third kappa shape index (κ3) is 1.87. The molecule has 1 heterocycles. The van der Waals surface area contributed by atoms with Gasteiger partial charge in [-0.2, -0.15) is 0 Å². The Bertz CT molecular complexity index is 321. The van der Waals surface area contributed by atoms with Gasteiger partial charge in [0.25, 0.3) is 0 Å². The number of hydrogen-bond donors (Lipinski definition) is 2. The molecule has 2 N–H and O–H groups in total. The van der Waals surface area contributed by atoms with Crippen molar-refractivity contribution < 1.29 is 19.7 Å². The van der Waals surface area contributed by atoms with Crippen LogP contribution in [0.25, 0.3) is 0 Å². The summed E-state index contributed by atoms with van der Waals surface area (Å²) in [5, 5.41) is 19.2. The molecule has 3 atom stereocenters. The first-order valence-electron chi connectivity index (χ1n) is 6.69. The average Bonchev–Trinajstić information content (AvgIpc) is 3.07. The lowest BCUT2D eigenvalue weighted by Crippen LogP contribution is -2.44. The summed E-state index contributed by atoms with van der Waals surface area (Å²) in [7, 11) is 0. The number of aliphatic hydroxyl groups is 1. The molecule has 2 aliphatic carbocycles. The van der Waals surface area contributed by atoms with Gasteiger partial charge < -0.3 is 14.9 Å². The number of fused-ring (bicyclic) bond motifs is 1. The first-order valence-corrected chi connectivity index (χ1v) is 6.69. The second-order valence-corrected chi connectivity index (χ2v) is 5.92. The molecule has 0 amide bonds. The maximum Gasteiger partial charge on any atom is 0.310 e. The van der Waals surface area contributed by atoms with Crippen LogP contribution in [0.15, 0.2) is 0 Å². The lowest BCUT2D eigenvalue weighted by Gasteiger charge is -2.41. The monoisotopic (exact) mass is 240 g/mol. The first-order chi connectivity index (χ1) is 8.12. The molecular weight excluding hydrogens is 220 g/mol. The predicted molar refractivity (Wildman–Crippen MR) is 60.5 cm³/mol. The van der Waals surface area contributed by atoms with Crippen LogP contribution >= 0.6 is 0 Å². The van der Waals surface area contributed by atoms with Gasteiger partial charge in [-0.25, -0.2) is 0 Å². The Balaban J connectivity index is 1.77. The number of aliphatic carboxylic acids is 1. The van der Waals surface area contributed by atoms with Crippen LogP contribution in [-0.4, -0.2) is 34.5 Å². The average molecular weight is 240 g/mol. The molecule has 0 radical (unpaired) electrons. The van der Waals surface area contributed by atoms with Crippen LogP contribution in [0, 0.1) is 11.3 Å². The molecule has 1 saturated heterocycles. The SMILES string of the molecule is O=C(O)C1(C2CCC(O)CC2)CCC2OC2C1. The largest absolute Gasteiger partial charge is 0.481 e. The summed E-state index contributed by atoms with van der Waals surface area (Å²) in [4.78, 5) is 11.7. The van der Waals surface area contributed by atoms with Crippen molar-refractivity contribution in [2.75, 3.05) is 0 Å². The number of carbonyl (C=O) groups is 1. The lowest BCUT2D eigenvalue weighted by molar-refractivity contribution is -0.156. The molecule has 0 aromatic heterocycles. The molecule has 3 aliphatic rings. The molecule has 0 bridgehead atoms. The Labute approximate surface area is 101 Å². The highest BCUT2D eigenvalue weighted by atomic mass is 16.6. The van der Waals surface area contributed by atoms with E-state index in [1.807, 2.05) is 0 Å². The number of aliphatic hydroxyl groups excluding tert-OH is 1. The van der Waals surface area contributed by atoms with E-state index in [0.717, 1.165) is 38.5 Å². The molecule has 0 aromatic carbocycles. The second-order valence-electron chi connectivity index (χ2n) is 5.92. The van der Waals surface area contributed by atoms with Crippen molar-refractivity contribution >= 4 is 5.97 Å². The third-order valence-corrected chi connectivity index (χ3v) is 5.03. The van der Waals surface area contributed by atoms with Crippen LogP contribution in [0.5, 0.6) is 0 Å². The Morgan fingerprint density at radius 2 is 1.82 bits per heavy atom. The minimum atomic E-state index is -0.646. The summed E-state index contributed by atoms with van der Waals surface area (Å²) < 4.78 is 5.48. The number of carboxylic acid groups (broad SMARTS) is 1. The molecule has 4 nitrogen and oxygen atoms in total. The van der Waals surface area contributed by atoms with E-state index in [4.69, 9.17) is 4.74 Å². The highest BCUT2D eigenvalue weighted by Gasteiger charge is 2.57. The van der Waals surface area contributed by atoms with Gasteiger partial charge in [-0.05, 0) is 50.9 Å². The fourth-order valence-electron chi connectivity index (χ4n) is 3.84. The van der Waals surface area contributed by atoms with Crippen molar-refractivity contribution in [3.05, 3.63) is 0 Å². The molecule has 3 rings (SSSR count). The van der Waals surface area contributed by atoms with E-state index in [0.29, 0.717) is 12.5 Å². The van der Waals surface area contributed by atoms with E-state index in [9.17, 15) is 15.0 Å². The van der Waals surface area contributed by atoms with E-state index in [-0.39, 0.29) is 18.1 Å². The van der Waals surface area contributed by atoms with Crippen molar-refractivity contribution in [3.63, 3.8) is 0 Å². The summed E-state index contributed by atoms with van der Waals surface area (Å²) in [5.74, 6) is -0.415.